The van der Waals surface area contributed by atoms with Gasteiger partial charge in [-0.3, -0.25) is 0 Å². The lowest BCUT2D eigenvalue weighted by molar-refractivity contribution is 0.769. The Hall–Kier alpha value is -5.44. The average Bonchev–Trinajstić information content (AvgIpc) is 3.62. The van der Waals surface area contributed by atoms with Gasteiger partial charge in [-0.15, -0.1) is 11.3 Å². The fourth-order valence-corrected chi connectivity index (χ4v) is 8.50. The molecule has 0 fully saturated rings. The van der Waals surface area contributed by atoms with Gasteiger partial charge >= 0.3 is 0 Å². The molecule has 1 N–H and O–H groups in total. The maximum absolute atomic E-state index is 3.79. The summed E-state index contributed by atoms with van der Waals surface area (Å²) >= 11 is 1.85. The van der Waals surface area contributed by atoms with E-state index < -0.39 is 5.41 Å². The van der Waals surface area contributed by atoms with Crippen LogP contribution in [-0.2, 0) is 5.41 Å². The molecule has 0 amide bonds. The van der Waals surface area contributed by atoms with Gasteiger partial charge in [0, 0.05) is 37.1 Å². The number of thiophene rings is 1. The minimum absolute atomic E-state index is 0.419. The number of fused-ring (bicyclic) bond motifs is 6. The van der Waals surface area contributed by atoms with Gasteiger partial charge in [-0.1, -0.05) is 133 Å². The maximum atomic E-state index is 3.79. The first-order valence-electron chi connectivity index (χ1n) is 15.4. The summed E-state index contributed by atoms with van der Waals surface area (Å²) in [5, 5.41) is 6.40. The van der Waals surface area contributed by atoms with Crippen molar-refractivity contribution >= 4 is 42.9 Å². The Labute approximate surface area is 267 Å². The molecule has 0 bridgehead atoms. The molecule has 1 aliphatic carbocycles. The van der Waals surface area contributed by atoms with E-state index >= 15 is 0 Å². The van der Waals surface area contributed by atoms with Gasteiger partial charge in [0.05, 0.1) is 5.41 Å². The van der Waals surface area contributed by atoms with Gasteiger partial charge in [0.1, 0.15) is 0 Å². The van der Waals surface area contributed by atoms with Crippen molar-refractivity contribution in [2.75, 3.05) is 5.32 Å². The zero-order valence-corrected chi connectivity index (χ0v) is 25.4. The molecule has 1 aromatic heterocycles. The molecule has 0 unspecified atom stereocenters. The molecule has 1 aliphatic rings. The molecule has 9 rings (SSSR count). The molecule has 45 heavy (non-hydrogen) atoms. The highest BCUT2D eigenvalue weighted by Gasteiger charge is 2.46. The molecule has 1 nitrogen and oxygen atoms in total. The van der Waals surface area contributed by atoms with Gasteiger partial charge in [-0.2, -0.15) is 0 Å². The second-order valence-corrected chi connectivity index (χ2v) is 12.9. The van der Waals surface area contributed by atoms with Gasteiger partial charge in [0.2, 0.25) is 0 Å². The molecule has 0 radical (unpaired) electrons. The van der Waals surface area contributed by atoms with Crippen molar-refractivity contribution in [2.45, 2.75) is 5.41 Å². The van der Waals surface area contributed by atoms with E-state index in [1.54, 1.807) is 0 Å². The standard InChI is InChI=1S/C43H29NS/c1-3-13-30(14-4-1)43(31-15-5-2-6-16-31)38-20-10-7-18-34(38)35-25-23-29(27-39(35)43)33-17-8-11-21-40(33)44-32-24-26-42-37(28-32)36-19-9-12-22-41(36)45-42/h1-28,44H. The maximum Gasteiger partial charge on any atom is 0.0713 e. The zero-order chi connectivity index (χ0) is 29.8. The Morgan fingerprint density at radius 2 is 1.04 bits per heavy atom. The van der Waals surface area contributed by atoms with Crippen LogP contribution >= 0.6 is 11.3 Å². The van der Waals surface area contributed by atoms with Crippen molar-refractivity contribution in [3.63, 3.8) is 0 Å². The minimum atomic E-state index is -0.419. The van der Waals surface area contributed by atoms with Crippen molar-refractivity contribution in [2.24, 2.45) is 0 Å². The summed E-state index contributed by atoms with van der Waals surface area (Å²) in [6.45, 7) is 0. The molecule has 7 aromatic carbocycles. The monoisotopic (exact) mass is 591 g/mol. The first kappa shape index (κ1) is 26.0. The quantitative estimate of drug-likeness (QED) is 0.210. The van der Waals surface area contributed by atoms with Gasteiger partial charge in [0.15, 0.2) is 0 Å². The number of hydrogen-bond donors (Lipinski definition) is 1. The smallest absolute Gasteiger partial charge is 0.0713 e. The first-order valence-corrected chi connectivity index (χ1v) is 16.3. The van der Waals surface area contributed by atoms with E-state index in [1.807, 2.05) is 11.3 Å². The van der Waals surface area contributed by atoms with Crippen molar-refractivity contribution in [1.82, 2.24) is 0 Å². The number of para-hydroxylation sites is 1. The van der Waals surface area contributed by atoms with Gasteiger partial charge in [-0.25, -0.2) is 0 Å². The van der Waals surface area contributed by atoms with Crippen LogP contribution < -0.4 is 5.32 Å². The first-order chi connectivity index (χ1) is 22.3. The lowest BCUT2D eigenvalue weighted by atomic mass is 9.67. The van der Waals surface area contributed by atoms with E-state index in [0.29, 0.717) is 0 Å². The van der Waals surface area contributed by atoms with Crippen LogP contribution in [0.15, 0.2) is 170 Å². The van der Waals surface area contributed by atoms with Crippen LogP contribution in [0.3, 0.4) is 0 Å². The van der Waals surface area contributed by atoms with Crippen molar-refractivity contribution in [3.05, 3.63) is 192 Å². The molecule has 8 aromatic rings. The number of rotatable bonds is 5. The highest BCUT2D eigenvalue weighted by Crippen LogP contribution is 2.56. The normalized spacial score (nSPS) is 13.1. The van der Waals surface area contributed by atoms with Gasteiger partial charge in [-0.05, 0) is 75.3 Å². The van der Waals surface area contributed by atoms with Crippen LogP contribution in [0.1, 0.15) is 22.3 Å². The molecule has 0 aliphatic heterocycles. The summed E-state index contributed by atoms with van der Waals surface area (Å²) in [6, 6.07) is 62.1. The lowest BCUT2D eigenvalue weighted by Crippen LogP contribution is -2.28. The highest BCUT2D eigenvalue weighted by atomic mass is 32.1. The zero-order valence-electron chi connectivity index (χ0n) is 24.6. The predicted molar refractivity (Wildman–Crippen MR) is 192 cm³/mol. The summed E-state index contributed by atoms with van der Waals surface area (Å²) in [5.74, 6) is 0. The van der Waals surface area contributed by atoms with E-state index in [4.69, 9.17) is 0 Å². The van der Waals surface area contributed by atoms with Crippen molar-refractivity contribution in [1.29, 1.82) is 0 Å². The summed E-state index contributed by atoms with van der Waals surface area (Å²) in [5.41, 5.74) is 12.0. The fourth-order valence-electron chi connectivity index (χ4n) is 7.42. The van der Waals surface area contributed by atoms with E-state index in [0.717, 1.165) is 11.4 Å². The number of nitrogens with one attached hydrogen (secondary N) is 1. The summed E-state index contributed by atoms with van der Waals surface area (Å²) in [7, 11) is 0. The van der Waals surface area contributed by atoms with Crippen LogP contribution in [0.5, 0.6) is 0 Å². The summed E-state index contributed by atoms with van der Waals surface area (Å²) in [4.78, 5) is 0. The van der Waals surface area contributed by atoms with Crippen LogP contribution in [0.2, 0.25) is 0 Å². The van der Waals surface area contributed by atoms with E-state index in [9.17, 15) is 0 Å². The third-order valence-electron chi connectivity index (χ3n) is 9.35. The predicted octanol–water partition coefficient (Wildman–Crippen LogP) is 11.8. The summed E-state index contributed by atoms with van der Waals surface area (Å²) < 4.78 is 2.64. The largest absolute Gasteiger partial charge is 0.355 e. The van der Waals surface area contributed by atoms with Crippen molar-refractivity contribution in [3.8, 4) is 22.3 Å². The Balaban J connectivity index is 1.22. The van der Waals surface area contributed by atoms with Crippen LogP contribution in [0.25, 0.3) is 42.4 Å². The Kier molecular flexibility index (Phi) is 5.97. The second kappa shape index (κ2) is 10.3. The average molecular weight is 592 g/mol. The van der Waals surface area contributed by atoms with Gasteiger partial charge < -0.3 is 5.32 Å². The molecule has 0 atom stereocenters. The van der Waals surface area contributed by atoms with E-state index in [-0.39, 0.29) is 0 Å². The van der Waals surface area contributed by atoms with Crippen LogP contribution in [0, 0.1) is 0 Å². The molecule has 212 valence electrons. The third-order valence-corrected chi connectivity index (χ3v) is 10.5. The summed E-state index contributed by atoms with van der Waals surface area (Å²) in [6.07, 6.45) is 0. The third kappa shape index (κ3) is 4.00. The Bertz CT molecular complexity index is 2310. The Morgan fingerprint density at radius 3 is 1.84 bits per heavy atom. The molecule has 2 heteroatoms. The molecule has 1 heterocycles. The fraction of sp³-hybridized carbons (Fsp3) is 0.0233. The molecule has 0 saturated heterocycles. The second-order valence-electron chi connectivity index (χ2n) is 11.8. The lowest BCUT2D eigenvalue weighted by Gasteiger charge is -2.34. The number of anilines is 2. The minimum Gasteiger partial charge on any atom is -0.355 e. The highest BCUT2D eigenvalue weighted by molar-refractivity contribution is 7.25. The van der Waals surface area contributed by atoms with Gasteiger partial charge in [0.25, 0.3) is 0 Å². The van der Waals surface area contributed by atoms with E-state index in [1.165, 1.54) is 64.7 Å². The molecular formula is C43H29NS. The van der Waals surface area contributed by atoms with Crippen molar-refractivity contribution < 1.29 is 0 Å². The number of hydrogen-bond acceptors (Lipinski definition) is 2. The molecule has 0 saturated carbocycles. The Morgan fingerprint density at radius 1 is 0.422 bits per heavy atom. The number of benzene rings is 7. The van der Waals surface area contributed by atoms with Crippen LogP contribution in [-0.4, -0.2) is 0 Å². The van der Waals surface area contributed by atoms with Crippen LogP contribution in [0.4, 0.5) is 11.4 Å². The molecular weight excluding hydrogens is 563 g/mol. The molecule has 0 spiro atoms. The van der Waals surface area contributed by atoms with E-state index in [2.05, 4.69) is 175 Å². The SMILES string of the molecule is c1ccc(C2(c3ccccc3)c3ccccc3-c3ccc(-c4ccccc4Nc4ccc5sc6ccccc6c5c4)cc32)cc1. The topological polar surface area (TPSA) is 12.0 Å².